The van der Waals surface area contributed by atoms with Gasteiger partial charge in [-0.05, 0) is 37.3 Å². The minimum absolute atomic E-state index is 0.00399. The summed E-state index contributed by atoms with van der Waals surface area (Å²) in [4.78, 5) is 27.0. The van der Waals surface area contributed by atoms with Crippen LogP contribution in [0.25, 0.3) is 0 Å². The largest absolute Gasteiger partial charge is 0.323 e. The molecule has 0 aliphatic carbocycles. The smallest absolute Gasteiger partial charge is 0.244 e. The fourth-order valence-corrected chi connectivity index (χ4v) is 3.93. The molecule has 124 valence electrons. The fraction of sp³-hybridized carbons (Fsp3) is 0.176. The number of nitrogens with zero attached hydrogens (tertiary/aromatic N) is 1. The molecule has 0 saturated heterocycles. The zero-order valence-corrected chi connectivity index (χ0v) is 15.1. The van der Waals surface area contributed by atoms with E-state index in [1.165, 1.54) is 16.7 Å². The summed E-state index contributed by atoms with van der Waals surface area (Å²) in [6.45, 7) is 1.80. The Kier molecular flexibility index (Phi) is 5.04. The number of hydrogen-bond donors (Lipinski definition) is 1. The Morgan fingerprint density at radius 3 is 2.79 bits per heavy atom. The second-order valence-corrected chi connectivity index (χ2v) is 7.55. The summed E-state index contributed by atoms with van der Waals surface area (Å²) < 4.78 is 0. The van der Waals surface area contributed by atoms with Crippen molar-refractivity contribution >= 4 is 58.2 Å². The van der Waals surface area contributed by atoms with Crippen molar-refractivity contribution in [2.75, 3.05) is 16.8 Å². The molecule has 3 rings (SSSR count). The lowest BCUT2D eigenvalue weighted by molar-refractivity contribution is -0.121. The van der Waals surface area contributed by atoms with Gasteiger partial charge in [0.15, 0.2) is 0 Å². The lowest BCUT2D eigenvalue weighted by Gasteiger charge is -2.31. The minimum Gasteiger partial charge on any atom is -0.323 e. The Labute approximate surface area is 154 Å². The molecule has 1 N–H and O–H groups in total. The minimum atomic E-state index is -0.417. The van der Waals surface area contributed by atoms with Gasteiger partial charge < -0.3 is 5.32 Å². The normalized spacial score (nSPS) is 14.8. The van der Waals surface area contributed by atoms with Gasteiger partial charge in [0, 0.05) is 9.92 Å². The predicted octanol–water partition coefficient (Wildman–Crippen LogP) is 4.46. The van der Waals surface area contributed by atoms with Gasteiger partial charge in [-0.3, -0.25) is 14.5 Å². The van der Waals surface area contributed by atoms with E-state index in [0.717, 1.165) is 4.90 Å². The molecule has 0 aromatic heterocycles. The average molecular weight is 381 g/mol. The first-order chi connectivity index (χ1) is 11.5. The van der Waals surface area contributed by atoms with Crippen LogP contribution in [0.4, 0.5) is 11.4 Å². The third-order valence-corrected chi connectivity index (χ3v) is 5.41. The molecule has 7 heteroatoms. The molecule has 1 atom stereocenters. The molecule has 0 fully saturated rings. The van der Waals surface area contributed by atoms with Crippen molar-refractivity contribution in [3.05, 3.63) is 52.5 Å². The molecule has 2 aromatic rings. The van der Waals surface area contributed by atoms with Crippen LogP contribution >= 0.6 is 35.0 Å². The van der Waals surface area contributed by atoms with Crippen LogP contribution in [-0.4, -0.2) is 23.6 Å². The molecule has 0 radical (unpaired) electrons. The molecule has 0 unspecified atom stereocenters. The highest BCUT2D eigenvalue weighted by atomic mass is 35.5. The maximum Gasteiger partial charge on any atom is 0.244 e. The number of hydrogen-bond acceptors (Lipinski definition) is 3. The topological polar surface area (TPSA) is 49.4 Å². The van der Waals surface area contributed by atoms with Crippen molar-refractivity contribution in [2.45, 2.75) is 17.1 Å². The summed E-state index contributed by atoms with van der Waals surface area (Å²) in [5.41, 5.74) is 1.34. The molecular formula is C17H14Cl2N2O2S. The van der Waals surface area contributed by atoms with E-state index in [2.05, 4.69) is 5.32 Å². The van der Waals surface area contributed by atoms with Gasteiger partial charge in [0.25, 0.3) is 0 Å². The maximum atomic E-state index is 12.9. The van der Waals surface area contributed by atoms with Gasteiger partial charge in [0.1, 0.15) is 6.54 Å². The zero-order chi connectivity index (χ0) is 17.3. The summed E-state index contributed by atoms with van der Waals surface area (Å²) in [6.07, 6.45) is 0. The van der Waals surface area contributed by atoms with E-state index in [0.29, 0.717) is 21.4 Å². The summed E-state index contributed by atoms with van der Waals surface area (Å²) in [5, 5.41) is 3.46. The van der Waals surface area contributed by atoms with Crippen molar-refractivity contribution in [3.8, 4) is 0 Å². The SMILES string of the molecule is C[C@@H](Sc1cc(Cl)ccc1Cl)C(=O)N1CC(=O)Nc2ccccc21. The van der Waals surface area contributed by atoms with Gasteiger partial charge in [-0.25, -0.2) is 0 Å². The number of nitrogens with one attached hydrogen (secondary N) is 1. The van der Waals surface area contributed by atoms with Gasteiger partial charge in [-0.15, -0.1) is 11.8 Å². The molecule has 0 spiro atoms. The van der Waals surface area contributed by atoms with E-state index in [-0.39, 0.29) is 18.4 Å². The fourth-order valence-electron chi connectivity index (χ4n) is 2.46. The molecule has 2 amide bonds. The van der Waals surface area contributed by atoms with Crippen LogP contribution in [0.2, 0.25) is 10.0 Å². The average Bonchev–Trinajstić information content (AvgIpc) is 2.56. The molecule has 24 heavy (non-hydrogen) atoms. The number of carbonyl (C=O) groups excluding carboxylic acids is 2. The first kappa shape index (κ1) is 17.1. The molecule has 1 heterocycles. The standard InChI is InChI=1S/C17H14Cl2N2O2S/c1-10(24-15-8-11(18)6-7-12(15)19)17(23)21-9-16(22)20-13-4-2-3-5-14(13)21/h2-8,10H,9H2,1H3,(H,20,22)/t10-/m1/s1. The van der Waals surface area contributed by atoms with Crippen molar-refractivity contribution in [1.82, 2.24) is 0 Å². The van der Waals surface area contributed by atoms with Crippen molar-refractivity contribution in [1.29, 1.82) is 0 Å². The summed E-state index contributed by atoms with van der Waals surface area (Å²) >= 11 is 13.5. The summed E-state index contributed by atoms with van der Waals surface area (Å²) in [6, 6.07) is 12.4. The second-order valence-electron chi connectivity index (χ2n) is 5.32. The summed E-state index contributed by atoms with van der Waals surface area (Å²) in [5.74, 6) is -0.363. The van der Waals surface area contributed by atoms with E-state index in [1.807, 2.05) is 18.2 Å². The Morgan fingerprint density at radius 1 is 1.25 bits per heavy atom. The lowest BCUT2D eigenvalue weighted by Crippen LogP contribution is -2.45. The monoisotopic (exact) mass is 380 g/mol. The third-order valence-electron chi connectivity index (χ3n) is 3.58. The number of fused-ring (bicyclic) bond motifs is 1. The molecule has 2 aromatic carbocycles. The van der Waals surface area contributed by atoms with E-state index in [4.69, 9.17) is 23.2 Å². The molecule has 4 nitrogen and oxygen atoms in total. The second kappa shape index (κ2) is 7.05. The first-order valence-electron chi connectivity index (χ1n) is 7.27. The van der Waals surface area contributed by atoms with Crippen molar-refractivity contribution in [3.63, 3.8) is 0 Å². The number of thioether (sulfide) groups is 1. The highest BCUT2D eigenvalue weighted by Gasteiger charge is 2.30. The van der Waals surface area contributed by atoms with E-state index in [1.54, 1.807) is 31.2 Å². The van der Waals surface area contributed by atoms with Gasteiger partial charge in [-0.1, -0.05) is 35.3 Å². The molecule has 0 saturated carbocycles. The van der Waals surface area contributed by atoms with E-state index in [9.17, 15) is 9.59 Å². The Bertz CT molecular complexity index is 813. The molecular weight excluding hydrogens is 367 g/mol. The first-order valence-corrected chi connectivity index (χ1v) is 8.91. The Morgan fingerprint density at radius 2 is 2.00 bits per heavy atom. The van der Waals surface area contributed by atoms with Crippen LogP contribution in [0.5, 0.6) is 0 Å². The van der Waals surface area contributed by atoms with Crippen LogP contribution in [0.15, 0.2) is 47.4 Å². The van der Waals surface area contributed by atoms with Crippen molar-refractivity contribution in [2.24, 2.45) is 0 Å². The number of halogens is 2. The molecule has 1 aliphatic heterocycles. The quantitative estimate of drug-likeness (QED) is 0.799. The lowest BCUT2D eigenvalue weighted by atomic mass is 10.2. The van der Waals surface area contributed by atoms with Gasteiger partial charge in [0.2, 0.25) is 11.8 Å². The Hall–Kier alpha value is -1.69. The van der Waals surface area contributed by atoms with E-state index >= 15 is 0 Å². The van der Waals surface area contributed by atoms with Crippen LogP contribution in [0.1, 0.15) is 6.92 Å². The number of anilines is 2. The molecule has 0 bridgehead atoms. The number of benzene rings is 2. The number of carbonyl (C=O) groups is 2. The number of para-hydroxylation sites is 2. The predicted molar refractivity (Wildman–Crippen MR) is 99.2 cm³/mol. The number of rotatable bonds is 3. The zero-order valence-electron chi connectivity index (χ0n) is 12.8. The highest BCUT2D eigenvalue weighted by Crippen LogP contribution is 2.35. The maximum absolute atomic E-state index is 12.9. The highest BCUT2D eigenvalue weighted by molar-refractivity contribution is 8.00. The van der Waals surface area contributed by atoms with Crippen LogP contribution in [-0.2, 0) is 9.59 Å². The number of amides is 2. The Balaban J connectivity index is 1.83. The summed E-state index contributed by atoms with van der Waals surface area (Å²) in [7, 11) is 0. The van der Waals surface area contributed by atoms with Gasteiger partial charge in [-0.2, -0.15) is 0 Å². The van der Waals surface area contributed by atoms with E-state index < -0.39 is 5.25 Å². The third kappa shape index (κ3) is 3.53. The van der Waals surface area contributed by atoms with Crippen molar-refractivity contribution < 1.29 is 9.59 Å². The van der Waals surface area contributed by atoms with Crippen LogP contribution < -0.4 is 10.2 Å². The van der Waals surface area contributed by atoms with Crippen LogP contribution in [0, 0.1) is 0 Å². The van der Waals surface area contributed by atoms with Crippen LogP contribution in [0.3, 0.4) is 0 Å². The molecule has 1 aliphatic rings. The van der Waals surface area contributed by atoms with Gasteiger partial charge >= 0.3 is 0 Å². The van der Waals surface area contributed by atoms with Gasteiger partial charge in [0.05, 0.1) is 21.6 Å².